The summed E-state index contributed by atoms with van der Waals surface area (Å²) in [6.45, 7) is 2.79. The van der Waals surface area contributed by atoms with Crippen molar-refractivity contribution in [3.63, 3.8) is 0 Å². The molecule has 0 aliphatic carbocycles. The minimum absolute atomic E-state index is 0.0191. The number of nitrogens with one attached hydrogen (secondary N) is 1. The van der Waals surface area contributed by atoms with Crippen LogP contribution in [-0.4, -0.2) is 25.8 Å². The van der Waals surface area contributed by atoms with E-state index in [1.54, 1.807) is 24.3 Å². The standard InChI is InChI=1S/C25H25FN2O3S/c1-18-4-8-20(9-5-18)24-3-2-16-28(24)25(29)17-19-6-12-22(13-7-19)27-32(30,31)23-14-10-21(26)11-15-23/h4-15,24,27H,2-3,16-17H2,1H3. The van der Waals surface area contributed by atoms with Gasteiger partial charge in [-0.1, -0.05) is 42.0 Å². The number of carbonyl (C=O) groups is 1. The van der Waals surface area contributed by atoms with Gasteiger partial charge in [0.25, 0.3) is 10.0 Å². The Labute approximate surface area is 187 Å². The second kappa shape index (κ2) is 9.12. The van der Waals surface area contributed by atoms with Crippen molar-refractivity contribution in [3.8, 4) is 0 Å². The minimum Gasteiger partial charge on any atom is -0.335 e. The molecule has 0 saturated carbocycles. The lowest BCUT2D eigenvalue weighted by Gasteiger charge is -2.25. The van der Waals surface area contributed by atoms with E-state index in [0.717, 1.165) is 42.6 Å². The largest absolute Gasteiger partial charge is 0.335 e. The van der Waals surface area contributed by atoms with Crippen molar-refractivity contribution in [2.24, 2.45) is 0 Å². The zero-order chi connectivity index (χ0) is 22.7. The van der Waals surface area contributed by atoms with Crippen LogP contribution in [0.5, 0.6) is 0 Å². The number of likely N-dealkylation sites (tertiary alicyclic amines) is 1. The summed E-state index contributed by atoms with van der Waals surface area (Å²) in [7, 11) is -3.81. The number of hydrogen-bond donors (Lipinski definition) is 1. The van der Waals surface area contributed by atoms with Gasteiger partial charge in [0.1, 0.15) is 5.82 Å². The number of carbonyl (C=O) groups excluding carboxylic acids is 1. The van der Waals surface area contributed by atoms with Crippen molar-refractivity contribution in [3.05, 3.63) is 95.3 Å². The number of nitrogens with zero attached hydrogens (tertiary/aromatic N) is 1. The van der Waals surface area contributed by atoms with Crippen LogP contribution in [-0.2, 0) is 21.2 Å². The summed E-state index contributed by atoms with van der Waals surface area (Å²) < 4.78 is 40.4. The molecule has 1 N–H and O–H groups in total. The molecule has 1 aliphatic heterocycles. The van der Waals surface area contributed by atoms with E-state index in [-0.39, 0.29) is 23.3 Å². The van der Waals surface area contributed by atoms with E-state index in [1.165, 1.54) is 17.7 Å². The second-order valence-electron chi connectivity index (χ2n) is 8.09. The minimum atomic E-state index is -3.81. The summed E-state index contributed by atoms with van der Waals surface area (Å²) in [6, 6.07) is 19.8. The first kappa shape index (κ1) is 22.0. The molecule has 1 unspecified atom stereocenters. The van der Waals surface area contributed by atoms with E-state index in [0.29, 0.717) is 5.69 Å². The van der Waals surface area contributed by atoms with Crippen LogP contribution in [0.15, 0.2) is 77.7 Å². The van der Waals surface area contributed by atoms with Gasteiger partial charge >= 0.3 is 0 Å². The highest BCUT2D eigenvalue weighted by Gasteiger charge is 2.29. The Morgan fingerprint density at radius 3 is 2.31 bits per heavy atom. The van der Waals surface area contributed by atoms with E-state index in [9.17, 15) is 17.6 Å². The Morgan fingerprint density at radius 2 is 1.66 bits per heavy atom. The van der Waals surface area contributed by atoms with Crippen LogP contribution in [0.2, 0.25) is 0 Å². The van der Waals surface area contributed by atoms with Crippen LogP contribution in [0.1, 0.15) is 35.6 Å². The molecule has 1 fully saturated rings. The van der Waals surface area contributed by atoms with Crippen molar-refractivity contribution in [1.82, 2.24) is 4.90 Å². The fourth-order valence-electron chi connectivity index (χ4n) is 4.00. The van der Waals surface area contributed by atoms with E-state index in [4.69, 9.17) is 0 Å². The van der Waals surface area contributed by atoms with Gasteiger partial charge in [0, 0.05) is 12.2 Å². The number of anilines is 1. The summed E-state index contributed by atoms with van der Waals surface area (Å²) in [5.74, 6) is -0.437. The topological polar surface area (TPSA) is 66.5 Å². The van der Waals surface area contributed by atoms with Gasteiger partial charge in [0.2, 0.25) is 5.91 Å². The number of amides is 1. The van der Waals surface area contributed by atoms with Crippen LogP contribution in [0.25, 0.3) is 0 Å². The third kappa shape index (κ3) is 4.99. The van der Waals surface area contributed by atoms with Crippen LogP contribution >= 0.6 is 0 Å². The van der Waals surface area contributed by atoms with Gasteiger partial charge in [-0.05, 0) is 67.3 Å². The number of hydrogen-bond acceptors (Lipinski definition) is 3. The second-order valence-corrected chi connectivity index (χ2v) is 9.77. The predicted octanol–water partition coefficient (Wildman–Crippen LogP) is 4.84. The summed E-state index contributed by atoms with van der Waals surface area (Å²) in [4.78, 5) is 14.9. The Morgan fingerprint density at radius 1 is 1.00 bits per heavy atom. The molecule has 1 heterocycles. The van der Waals surface area contributed by atoms with E-state index in [1.807, 2.05) is 11.8 Å². The number of rotatable bonds is 6. The third-order valence-electron chi connectivity index (χ3n) is 5.72. The van der Waals surface area contributed by atoms with E-state index in [2.05, 4.69) is 29.0 Å². The van der Waals surface area contributed by atoms with Crippen LogP contribution in [0, 0.1) is 12.7 Å². The maximum absolute atomic E-state index is 13.1. The number of aryl methyl sites for hydroxylation is 1. The lowest BCUT2D eigenvalue weighted by molar-refractivity contribution is -0.131. The van der Waals surface area contributed by atoms with Crippen LogP contribution < -0.4 is 4.72 Å². The molecule has 1 amide bonds. The molecular weight excluding hydrogens is 427 g/mol. The van der Waals surface area contributed by atoms with Gasteiger partial charge in [-0.25, -0.2) is 12.8 Å². The highest BCUT2D eigenvalue weighted by molar-refractivity contribution is 7.92. The first-order chi connectivity index (χ1) is 15.3. The molecule has 4 rings (SSSR count). The molecule has 3 aromatic rings. The molecule has 0 radical (unpaired) electrons. The molecule has 5 nitrogen and oxygen atoms in total. The normalized spacial score (nSPS) is 16.2. The maximum atomic E-state index is 13.1. The molecule has 1 atom stereocenters. The average Bonchev–Trinajstić information content (AvgIpc) is 3.26. The van der Waals surface area contributed by atoms with Gasteiger partial charge in [-0.2, -0.15) is 0 Å². The van der Waals surface area contributed by atoms with Gasteiger partial charge in [0.15, 0.2) is 0 Å². The Kier molecular flexibility index (Phi) is 6.28. The summed E-state index contributed by atoms with van der Waals surface area (Å²) in [6.07, 6.45) is 2.20. The maximum Gasteiger partial charge on any atom is 0.261 e. The highest BCUT2D eigenvalue weighted by Crippen LogP contribution is 2.32. The van der Waals surface area contributed by atoms with Crippen molar-refractivity contribution in [2.45, 2.75) is 37.1 Å². The zero-order valence-electron chi connectivity index (χ0n) is 17.8. The molecule has 0 spiro atoms. The molecule has 0 aromatic heterocycles. The number of halogens is 1. The molecule has 3 aromatic carbocycles. The SMILES string of the molecule is Cc1ccc(C2CCCN2C(=O)Cc2ccc(NS(=O)(=O)c3ccc(F)cc3)cc2)cc1. The van der Waals surface area contributed by atoms with E-state index >= 15 is 0 Å². The first-order valence-electron chi connectivity index (χ1n) is 10.6. The predicted molar refractivity (Wildman–Crippen MR) is 122 cm³/mol. The Balaban J connectivity index is 1.41. The van der Waals surface area contributed by atoms with Crippen molar-refractivity contribution < 1.29 is 17.6 Å². The van der Waals surface area contributed by atoms with Crippen LogP contribution in [0.4, 0.5) is 10.1 Å². The van der Waals surface area contributed by atoms with Crippen LogP contribution in [0.3, 0.4) is 0 Å². The lowest BCUT2D eigenvalue weighted by Crippen LogP contribution is -2.31. The fraction of sp³-hybridized carbons (Fsp3) is 0.240. The molecule has 166 valence electrons. The van der Waals surface area contributed by atoms with Crippen molar-refractivity contribution in [1.29, 1.82) is 0 Å². The third-order valence-corrected chi connectivity index (χ3v) is 7.12. The van der Waals surface area contributed by atoms with E-state index < -0.39 is 15.8 Å². The number of sulfonamides is 1. The lowest BCUT2D eigenvalue weighted by atomic mass is 10.0. The Bertz CT molecular complexity index is 1190. The van der Waals surface area contributed by atoms with Gasteiger partial charge in [-0.15, -0.1) is 0 Å². The van der Waals surface area contributed by atoms with Crippen molar-refractivity contribution in [2.75, 3.05) is 11.3 Å². The monoisotopic (exact) mass is 452 g/mol. The van der Waals surface area contributed by atoms with Gasteiger partial charge in [0.05, 0.1) is 17.4 Å². The van der Waals surface area contributed by atoms with Gasteiger partial charge < -0.3 is 4.90 Å². The average molecular weight is 453 g/mol. The highest BCUT2D eigenvalue weighted by atomic mass is 32.2. The molecule has 0 bridgehead atoms. The smallest absolute Gasteiger partial charge is 0.261 e. The zero-order valence-corrected chi connectivity index (χ0v) is 18.6. The molecule has 1 aliphatic rings. The summed E-state index contributed by atoms with van der Waals surface area (Å²) in [5, 5.41) is 0. The Hall–Kier alpha value is -3.19. The first-order valence-corrected chi connectivity index (χ1v) is 12.0. The molecular formula is C25H25FN2O3S. The van der Waals surface area contributed by atoms with Crippen molar-refractivity contribution >= 4 is 21.6 Å². The quantitative estimate of drug-likeness (QED) is 0.582. The summed E-state index contributed by atoms with van der Waals surface area (Å²) in [5.41, 5.74) is 3.55. The molecule has 32 heavy (non-hydrogen) atoms. The summed E-state index contributed by atoms with van der Waals surface area (Å²) >= 11 is 0. The molecule has 1 saturated heterocycles. The number of benzene rings is 3. The fourth-order valence-corrected chi connectivity index (χ4v) is 5.05. The van der Waals surface area contributed by atoms with Gasteiger partial charge in [-0.3, -0.25) is 9.52 Å². The molecule has 7 heteroatoms.